The van der Waals surface area contributed by atoms with Crippen molar-refractivity contribution in [2.75, 3.05) is 0 Å². The van der Waals surface area contributed by atoms with Crippen molar-refractivity contribution in [2.24, 2.45) is 5.41 Å². The van der Waals surface area contributed by atoms with E-state index in [1.54, 1.807) is 38.1 Å². The number of benzene rings is 1. The van der Waals surface area contributed by atoms with Crippen LogP contribution in [0, 0.1) is 5.41 Å². The summed E-state index contributed by atoms with van der Waals surface area (Å²) >= 11 is 0. The molecule has 3 rings (SSSR count). The van der Waals surface area contributed by atoms with Crippen molar-refractivity contribution in [3.05, 3.63) is 76.8 Å². The number of hydrogen-bond acceptors (Lipinski definition) is 4. The fourth-order valence-electron chi connectivity index (χ4n) is 3.55. The topological polar surface area (TPSA) is 70.5 Å². The van der Waals surface area contributed by atoms with Gasteiger partial charge < -0.3 is 10.0 Å². The average Bonchev–Trinajstić information content (AvgIpc) is 2.92. The SMILES string of the molecule is CC(C)c1ccc(C2C(C(=O)C(C)(C)C)=C(O)C(=O)N2Cc2ccncc2)cc1. The summed E-state index contributed by atoms with van der Waals surface area (Å²) in [6.45, 7) is 9.90. The lowest BCUT2D eigenvalue weighted by Gasteiger charge is -2.29. The minimum absolute atomic E-state index is 0.175. The van der Waals surface area contributed by atoms with E-state index in [0.29, 0.717) is 5.92 Å². The van der Waals surface area contributed by atoms with Crippen molar-refractivity contribution in [2.45, 2.75) is 53.1 Å². The predicted molar refractivity (Wildman–Crippen MR) is 112 cm³/mol. The molecule has 0 radical (unpaired) electrons. The fraction of sp³-hybridized carbons (Fsp3) is 0.375. The van der Waals surface area contributed by atoms with Gasteiger partial charge in [-0.25, -0.2) is 0 Å². The Morgan fingerprint density at radius 1 is 1.10 bits per heavy atom. The first-order chi connectivity index (χ1) is 13.6. The molecule has 5 nitrogen and oxygen atoms in total. The van der Waals surface area contributed by atoms with Crippen LogP contribution in [-0.2, 0) is 16.1 Å². The summed E-state index contributed by atoms with van der Waals surface area (Å²) in [5.74, 6) is -0.815. The van der Waals surface area contributed by atoms with Crippen LogP contribution in [0.2, 0.25) is 0 Å². The summed E-state index contributed by atoms with van der Waals surface area (Å²) in [4.78, 5) is 31.7. The number of rotatable bonds is 5. The highest BCUT2D eigenvalue weighted by atomic mass is 16.3. The highest BCUT2D eigenvalue weighted by Crippen LogP contribution is 2.41. The zero-order valence-corrected chi connectivity index (χ0v) is 17.6. The van der Waals surface area contributed by atoms with Gasteiger partial charge in [0, 0.05) is 24.4 Å². The molecule has 1 amide bonds. The maximum atomic E-state index is 13.2. The molecule has 1 aliphatic heterocycles. The van der Waals surface area contributed by atoms with E-state index < -0.39 is 23.1 Å². The first-order valence-corrected chi connectivity index (χ1v) is 9.89. The Morgan fingerprint density at radius 2 is 1.69 bits per heavy atom. The van der Waals surface area contributed by atoms with E-state index in [-0.39, 0.29) is 17.9 Å². The van der Waals surface area contributed by atoms with Crippen LogP contribution in [0.25, 0.3) is 0 Å². The first-order valence-electron chi connectivity index (χ1n) is 9.89. The van der Waals surface area contributed by atoms with E-state index in [4.69, 9.17) is 0 Å². The normalized spacial score (nSPS) is 17.4. The Hall–Kier alpha value is -2.95. The molecule has 1 N–H and O–H groups in total. The maximum Gasteiger partial charge on any atom is 0.290 e. The van der Waals surface area contributed by atoms with Crippen LogP contribution in [0.5, 0.6) is 0 Å². The van der Waals surface area contributed by atoms with E-state index in [0.717, 1.165) is 11.1 Å². The Kier molecular flexibility index (Phi) is 5.60. The minimum Gasteiger partial charge on any atom is -0.503 e. The van der Waals surface area contributed by atoms with Crippen molar-refractivity contribution < 1.29 is 14.7 Å². The van der Waals surface area contributed by atoms with Crippen molar-refractivity contribution in [3.63, 3.8) is 0 Å². The number of Topliss-reactive ketones (excluding diaryl/α,β-unsaturated/α-hetero) is 1. The molecule has 2 heterocycles. The number of carbonyl (C=O) groups excluding carboxylic acids is 2. The molecule has 0 spiro atoms. The van der Waals surface area contributed by atoms with Gasteiger partial charge in [0.15, 0.2) is 11.5 Å². The van der Waals surface area contributed by atoms with Crippen LogP contribution in [0.4, 0.5) is 0 Å². The number of amides is 1. The van der Waals surface area contributed by atoms with Gasteiger partial charge >= 0.3 is 0 Å². The monoisotopic (exact) mass is 392 g/mol. The third kappa shape index (κ3) is 4.09. The number of nitrogens with zero attached hydrogens (tertiary/aromatic N) is 2. The van der Waals surface area contributed by atoms with Crippen LogP contribution in [0.15, 0.2) is 60.1 Å². The standard InChI is InChI=1S/C24H28N2O3/c1-15(2)17-6-8-18(9-7-17)20-19(22(28)24(3,4)5)21(27)23(29)26(20)14-16-10-12-25-13-11-16/h6-13,15,20,27H,14H2,1-5H3. The van der Waals surface area contributed by atoms with Crippen molar-refractivity contribution in [3.8, 4) is 0 Å². The van der Waals surface area contributed by atoms with Crippen molar-refractivity contribution in [1.29, 1.82) is 0 Å². The van der Waals surface area contributed by atoms with Crippen LogP contribution in [0.3, 0.4) is 0 Å². The molecule has 5 heteroatoms. The summed E-state index contributed by atoms with van der Waals surface area (Å²) in [5.41, 5.74) is 2.33. The molecule has 0 saturated carbocycles. The molecule has 0 fully saturated rings. The van der Waals surface area contributed by atoms with E-state index in [1.165, 1.54) is 5.56 Å². The molecular weight excluding hydrogens is 364 g/mol. The van der Waals surface area contributed by atoms with E-state index in [2.05, 4.69) is 18.8 Å². The van der Waals surface area contributed by atoms with E-state index in [9.17, 15) is 14.7 Å². The predicted octanol–water partition coefficient (Wildman–Crippen LogP) is 4.72. The molecule has 152 valence electrons. The third-order valence-corrected chi connectivity index (χ3v) is 5.25. The molecule has 1 unspecified atom stereocenters. The van der Waals surface area contributed by atoms with Gasteiger partial charge in [-0.3, -0.25) is 14.6 Å². The van der Waals surface area contributed by atoms with Gasteiger partial charge in [0.25, 0.3) is 5.91 Å². The Labute approximate surface area is 172 Å². The Morgan fingerprint density at radius 3 is 2.21 bits per heavy atom. The fourth-order valence-corrected chi connectivity index (χ4v) is 3.55. The summed E-state index contributed by atoms with van der Waals surface area (Å²) in [5, 5.41) is 10.7. The van der Waals surface area contributed by atoms with E-state index >= 15 is 0 Å². The van der Waals surface area contributed by atoms with Gasteiger partial charge in [-0.2, -0.15) is 0 Å². The number of aliphatic hydroxyl groups excluding tert-OH is 1. The van der Waals surface area contributed by atoms with Gasteiger partial charge in [-0.15, -0.1) is 0 Å². The minimum atomic E-state index is -0.716. The third-order valence-electron chi connectivity index (χ3n) is 5.25. The molecule has 1 atom stereocenters. The van der Waals surface area contributed by atoms with Crippen LogP contribution in [-0.4, -0.2) is 26.7 Å². The number of aliphatic hydroxyl groups is 1. The van der Waals surface area contributed by atoms with Crippen molar-refractivity contribution >= 4 is 11.7 Å². The number of ketones is 1. The highest BCUT2D eigenvalue weighted by Gasteiger charge is 2.45. The molecule has 1 aromatic carbocycles. The summed E-state index contributed by atoms with van der Waals surface area (Å²) in [7, 11) is 0. The zero-order chi connectivity index (χ0) is 21.3. The summed E-state index contributed by atoms with van der Waals surface area (Å²) in [6, 6.07) is 11.0. The van der Waals surface area contributed by atoms with Crippen LogP contribution in [0.1, 0.15) is 63.3 Å². The number of carbonyl (C=O) groups is 2. The van der Waals surface area contributed by atoms with Gasteiger partial charge in [-0.05, 0) is 34.7 Å². The second-order valence-corrected chi connectivity index (χ2v) is 8.85. The van der Waals surface area contributed by atoms with Gasteiger partial charge in [0.05, 0.1) is 11.6 Å². The lowest BCUT2D eigenvalue weighted by atomic mass is 9.82. The molecular formula is C24H28N2O3. The molecule has 1 aliphatic rings. The largest absolute Gasteiger partial charge is 0.503 e. The quantitative estimate of drug-likeness (QED) is 0.799. The number of pyridine rings is 1. The number of hydrogen-bond donors (Lipinski definition) is 1. The van der Waals surface area contributed by atoms with Gasteiger partial charge in [0.1, 0.15) is 0 Å². The van der Waals surface area contributed by atoms with E-state index in [1.807, 2.05) is 36.4 Å². The molecule has 2 aromatic rings. The molecule has 0 bridgehead atoms. The lowest BCUT2D eigenvalue weighted by Crippen LogP contribution is -2.32. The van der Waals surface area contributed by atoms with Crippen LogP contribution >= 0.6 is 0 Å². The van der Waals surface area contributed by atoms with Crippen molar-refractivity contribution in [1.82, 2.24) is 9.88 Å². The average molecular weight is 392 g/mol. The molecule has 0 aliphatic carbocycles. The molecule has 0 saturated heterocycles. The number of aromatic nitrogens is 1. The lowest BCUT2D eigenvalue weighted by molar-refractivity contribution is -0.130. The second-order valence-electron chi connectivity index (χ2n) is 8.85. The smallest absolute Gasteiger partial charge is 0.290 e. The van der Waals surface area contributed by atoms with Gasteiger partial charge in [0.2, 0.25) is 0 Å². The summed E-state index contributed by atoms with van der Waals surface area (Å²) < 4.78 is 0. The first kappa shape index (κ1) is 20.8. The molecule has 1 aromatic heterocycles. The Balaban J connectivity index is 2.08. The maximum absolute atomic E-state index is 13.2. The van der Waals surface area contributed by atoms with Crippen LogP contribution < -0.4 is 0 Å². The molecule has 29 heavy (non-hydrogen) atoms. The Bertz CT molecular complexity index is 938. The zero-order valence-electron chi connectivity index (χ0n) is 17.6. The second kappa shape index (κ2) is 7.82. The van der Waals surface area contributed by atoms with Gasteiger partial charge in [-0.1, -0.05) is 58.9 Å². The summed E-state index contributed by atoms with van der Waals surface area (Å²) in [6.07, 6.45) is 3.33. The highest BCUT2D eigenvalue weighted by molar-refractivity contribution is 6.10.